The first-order chi connectivity index (χ1) is 11.7. The summed E-state index contributed by atoms with van der Waals surface area (Å²) in [6, 6.07) is 10.5. The average molecular weight is 344 g/mol. The Labute approximate surface area is 152 Å². The maximum Gasteiger partial charge on any atom is 0.0641 e. The summed E-state index contributed by atoms with van der Waals surface area (Å²) in [4.78, 5) is 2.42. The highest BCUT2D eigenvalue weighted by molar-refractivity contribution is 5.26. The first kappa shape index (κ1) is 19.7. The van der Waals surface area contributed by atoms with E-state index in [0.717, 1.165) is 25.3 Å². The van der Waals surface area contributed by atoms with E-state index in [1.54, 1.807) is 0 Å². The molecule has 4 heteroatoms. The van der Waals surface area contributed by atoms with Crippen molar-refractivity contribution in [2.75, 3.05) is 13.2 Å². The Morgan fingerprint density at radius 2 is 1.76 bits per heavy atom. The minimum atomic E-state index is -0.0181. The third-order valence-corrected chi connectivity index (χ3v) is 4.59. The fourth-order valence-electron chi connectivity index (χ4n) is 3.31. The summed E-state index contributed by atoms with van der Waals surface area (Å²) < 4.78 is 2.13. The third kappa shape index (κ3) is 5.16. The van der Waals surface area contributed by atoms with Gasteiger partial charge in [0.2, 0.25) is 0 Å². The lowest BCUT2D eigenvalue weighted by molar-refractivity contribution is 0.163. The molecule has 0 fully saturated rings. The molecule has 1 aromatic heterocycles. The average Bonchev–Trinajstić information content (AvgIpc) is 2.83. The second kappa shape index (κ2) is 8.15. The number of aliphatic hydroxyl groups is 1. The van der Waals surface area contributed by atoms with Gasteiger partial charge in [-0.05, 0) is 46.1 Å². The van der Waals surface area contributed by atoms with Gasteiger partial charge in [0, 0.05) is 37.5 Å². The molecule has 0 saturated heterocycles. The Hall–Kier alpha value is -1.65. The first-order valence-corrected chi connectivity index (χ1v) is 9.15. The van der Waals surface area contributed by atoms with Crippen LogP contribution >= 0.6 is 0 Å². The minimum Gasteiger partial charge on any atom is -0.396 e. The van der Waals surface area contributed by atoms with Crippen LogP contribution < -0.4 is 0 Å². The van der Waals surface area contributed by atoms with Crippen molar-refractivity contribution in [3.63, 3.8) is 0 Å². The van der Waals surface area contributed by atoms with Gasteiger partial charge in [0.15, 0.2) is 0 Å². The Morgan fingerprint density at radius 1 is 1.12 bits per heavy atom. The second-order valence-electron chi connectivity index (χ2n) is 8.17. The van der Waals surface area contributed by atoms with Crippen molar-refractivity contribution in [2.45, 2.75) is 60.2 Å². The van der Waals surface area contributed by atoms with Crippen molar-refractivity contribution in [2.24, 2.45) is 5.92 Å². The summed E-state index contributed by atoms with van der Waals surface area (Å²) in [5, 5.41) is 14.3. The molecule has 1 aromatic carbocycles. The minimum absolute atomic E-state index is 0.0181. The van der Waals surface area contributed by atoms with Crippen molar-refractivity contribution in [1.29, 1.82) is 0 Å². The van der Waals surface area contributed by atoms with Crippen molar-refractivity contribution >= 4 is 0 Å². The van der Waals surface area contributed by atoms with Crippen LogP contribution in [0, 0.1) is 19.8 Å². The SMILES string of the molecule is Cc1nn(C(C)(C)C)c(C)c1CN(Cc1ccccc1)CC(C)CO. The van der Waals surface area contributed by atoms with E-state index in [-0.39, 0.29) is 18.1 Å². The predicted octanol–water partition coefficient (Wildman–Crippen LogP) is 3.89. The molecule has 0 spiro atoms. The van der Waals surface area contributed by atoms with Gasteiger partial charge >= 0.3 is 0 Å². The van der Waals surface area contributed by atoms with E-state index in [4.69, 9.17) is 5.10 Å². The summed E-state index contributed by atoms with van der Waals surface area (Å²) in [6.07, 6.45) is 0. The van der Waals surface area contributed by atoms with Crippen LogP contribution in [0.2, 0.25) is 0 Å². The second-order valence-corrected chi connectivity index (χ2v) is 8.17. The predicted molar refractivity (Wildman–Crippen MR) is 104 cm³/mol. The van der Waals surface area contributed by atoms with Crippen LogP contribution in [0.1, 0.15) is 50.2 Å². The Balaban J connectivity index is 2.25. The van der Waals surface area contributed by atoms with Gasteiger partial charge in [0.1, 0.15) is 0 Å². The lowest BCUT2D eigenvalue weighted by Gasteiger charge is -2.26. The van der Waals surface area contributed by atoms with Gasteiger partial charge in [-0.1, -0.05) is 37.3 Å². The molecule has 0 saturated carbocycles. The summed E-state index contributed by atoms with van der Waals surface area (Å²) in [6.45, 7) is 15.7. The summed E-state index contributed by atoms with van der Waals surface area (Å²) in [5.41, 5.74) is 4.92. The molecule has 1 atom stereocenters. The first-order valence-electron chi connectivity index (χ1n) is 9.15. The summed E-state index contributed by atoms with van der Waals surface area (Å²) in [7, 11) is 0. The molecule has 2 rings (SSSR count). The zero-order valence-electron chi connectivity index (χ0n) is 16.6. The van der Waals surface area contributed by atoms with Crippen molar-refractivity contribution in [3.05, 3.63) is 52.8 Å². The zero-order valence-corrected chi connectivity index (χ0v) is 16.6. The molecule has 0 aliphatic rings. The molecule has 0 aliphatic carbocycles. The number of nitrogens with zero attached hydrogens (tertiary/aromatic N) is 3. The van der Waals surface area contributed by atoms with E-state index >= 15 is 0 Å². The van der Waals surface area contributed by atoms with Crippen LogP contribution in [0.25, 0.3) is 0 Å². The van der Waals surface area contributed by atoms with Gasteiger partial charge in [-0.15, -0.1) is 0 Å². The fourth-order valence-corrected chi connectivity index (χ4v) is 3.31. The van der Waals surface area contributed by atoms with Crippen molar-refractivity contribution in [1.82, 2.24) is 14.7 Å². The van der Waals surface area contributed by atoms with E-state index in [1.807, 2.05) is 6.07 Å². The van der Waals surface area contributed by atoms with Gasteiger partial charge < -0.3 is 5.11 Å². The third-order valence-electron chi connectivity index (χ3n) is 4.59. The molecule has 138 valence electrons. The molecule has 0 aliphatic heterocycles. The highest BCUT2D eigenvalue weighted by atomic mass is 16.3. The molecule has 0 amide bonds. The van der Waals surface area contributed by atoms with E-state index in [2.05, 4.69) is 75.4 Å². The molecule has 2 aromatic rings. The van der Waals surface area contributed by atoms with E-state index in [0.29, 0.717) is 0 Å². The Morgan fingerprint density at radius 3 is 2.28 bits per heavy atom. The van der Waals surface area contributed by atoms with Gasteiger partial charge in [-0.3, -0.25) is 9.58 Å². The van der Waals surface area contributed by atoms with E-state index < -0.39 is 0 Å². The molecule has 1 N–H and O–H groups in total. The Kier molecular flexibility index (Phi) is 6.42. The van der Waals surface area contributed by atoms with Crippen LogP contribution in [0.4, 0.5) is 0 Å². The van der Waals surface area contributed by atoms with Crippen LogP contribution in [0.5, 0.6) is 0 Å². The maximum atomic E-state index is 9.49. The summed E-state index contributed by atoms with van der Waals surface area (Å²) >= 11 is 0. The van der Waals surface area contributed by atoms with Gasteiger partial charge in [-0.2, -0.15) is 5.10 Å². The molecule has 1 heterocycles. The van der Waals surface area contributed by atoms with Gasteiger partial charge in [0.05, 0.1) is 11.2 Å². The molecule has 4 nitrogen and oxygen atoms in total. The molecular formula is C21H33N3O. The molecule has 25 heavy (non-hydrogen) atoms. The standard InChI is InChI=1S/C21H33N3O/c1-16(15-25)12-23(13-19-10-8-7-9-11-19)14-20-17(2)22-24(18(20)3)21(4,5)6/h7-11,16,25H,12-15H2,1-6H3. The lowest BCUT2D eigenvalue weighted by atomic mass is 10.1. The number of rotatable bonds is 7. The normalized spacial score (nSPS) is 13.4. The monoisotopic (exact) mass is 343 g/mol. The van der Waals surface area contributed by atoms with Crippen LogP contribution in [-0.4, -0.2) is 32.9 Å². The molecule has 0 bridgehead atoms. The van der Waals surface area contributed by atoms with Crippen LogP contribution in [-0.2, 0) is 18.6 Å². The molecular weight excluding hydrogens is 310 g/mol. The van der Waals surface area contributed by atoms with E-state index in [9.17, 15) is 5.11 Å². The van der Waals surface area contributed by atoms with Crippen molar-refractivity contribution in [3.8, 4) is 0 Å². The van der Waals surface area contributed by atoms with Gasteiger partial charge in [-0.25, -0.2) is 0 Å². The summed E-state index contributed by atoms with van der Waals surface area (Å²) in [5.74, 6) is 0.252. The van der Waals surface area contributed by atoms with Gasteiger partial charge in [0.25, 0.3) is 0 Å². The highest BCUT2D eigenvalue weighted by Crippen LogP contribution is 2.23. The van der Waals surface area contributed by atoms with E-state index in [1.165, 1.54) is 16.8 Å². The molecule has 0 radical (unpaired) electrons. The number of aromatic nitrogens is 2. The highest BCUT2D eigenvalue weighted by Gasteiger charge is 2.22. The van der Waals surface area contributed by atoms with Crippen molar-refractivity contribution < 1.29 is 5.11 Å². The fraction of sp³-hybridized carbons (Fsp3) is 0.571. The quantitative estimate of drug-likeness (QED) is 0.829. The number of aryl methyl sites for hydroxylation is 1. The van der Waals surface area contributed by atoms with Crippen LogP contribution in [0.15, 0.2) is 30.3 Å². The topological polar surface area (TPSA) is 41.3 Å². The largest absolute Gasteiger partial charge is 0.396 e. The zero-order chi connectivity index (χ0) is 18.6. The van der Waals surface area contributed by atoms with Crippen LogP contribution in [0.3, 0.4) is 0 Å². The number of hydrogen-bond donors (Lipinski definition) is 1. The smallest absolute Gasteiger partial charge is 0.0641 e. The number of benzene rings is 1. The molecule has 1 unspecified atom stereocenters. The number of aliphatic hydroxyl groups excluding tert-OH is 1. The lowest BCUT2D eigenvalue weighted by Crippen LogP contribution is -2.30. The maximum absolute atomic E-state index is 9.49. The Bertz CT molecular complexity index is 670. The number of hydrogen-bond acceptors (Lipinski definition) is 3.